The van der Waals surface area contributed by atoms with Crippen molar-refractivity contribution in [2.75, 3.05) is 6.54 Å². The largest absolute Gasteiger partial charge is 0.480 e. The van der Waals surface area contributed by atoms with Gasteiger partial charge >= 0.3 is 5.97 Å². The quantitative estimate of drug-likeness (QED) is 0.920. The van der Waals surface area contributed by atoms with E-state index in [2.05, 4.69) is 0 Å². The highest BCUT2D eigenvalue weighted by Gasteiger charge is 2.34. The lowest BCUT2D eigenvalue weighted by Gasteiger charge is -2.37. The highest BCUT2D eigenvalue weighted by Crippen LogP contribution is 2.25. The van der Waals surface area contributed by atoms with Crippen LogP contribution in [0.4, 0.5) is 4.39 Å². The van der Waals surface area contributed by atoms with Gasteiger partial charge in [-0.1, -0.05) is 6.92 Å². The zero-order valence-corrected chi connectivity index (χ0v) is 11.3. The van der Waals surface area contributed by atoms with Crippen LogP contribution in [0, 0.1) is 23.1 Å². The summed E-state index contributed by atoms with van der Waals surface area (Å²) in [6.45, 7) is 2.96. The molecule has 2 rings (SSSR count). The summed E-state index contributed by atoms with van der Waals surface area (Å²) in [6, 6.07) is 5.52. The number of nitrogens with zero attached hydrogens (tertiary/aromatic N) is 2. The SMILES string of the molecule is CC1CCCN(Cc2cc(F)cc(C#N)c2)C1C(=O)O. The molecule has 106 valence electrons. The van der Waals surface area contributed by atoms with E-state index in [0.717, 1.165) is 12.8 Å². The standard InChI is InChI=1S/C15H17FN2O2/c1-10-3-2-4-18(14(10)15(19)20)9-12-5-11(8-17)6-13(16)7-12/h5-7,10,14H,2-4,9H2,1H3,(H,19,20). The monoisotopic (exact) mass is 276 g/mol. The van der Waals surface area contributed by atoms with Crippen LogP contribution in [-0.4, -0.2) is 28.6 Å². The fourth-order valence-electron chi connectivity index (χ4n) is 2.89. The molecule has 2 atom stereocenters. The molecule has 1 aromatic carbocycles. The zero-order valence-electron chi connectivity index (χ0n) is 11.3. The molecule has 0 amide bonds. The van der Waals surface area contributed by atoms with Crippen LogP contribution in [0.5, 0.6) is 0 Å². The predicted molar refractivity (Wildman–Crippen MR) is 71.3 cm³/mol. The third-order valence-corrected chi connectivity index (χ3v) is 3.76. The molecule has 0 aromatic heterocycles. The molecular formula is C15H17FN2O2. The summed E-state index contributed by atoms with van der Waals surface area (Å²) in [5, 5.41) is 18.2. The number of nitriles is 1. The summed E-state index contributed by atoms with van der Waals surface area (Å²) in [4.78, 5) is 13.2. The average molecular weight is 276 g/mol. The van der Waals surface area contributed by atoms with Gasteiger partial charge in [0.25, 0.3) is 0 Å². The Hall–Kier alpha value is -1.93. The Balaban J connectivity index is 2.21. The van der Waals surface area contributed by atoms with E-state index in [4.69, 9.17) is 5.26 Å². The van der Waals surface area contributed by atoms with E-state index in [0.29, 0.717) is 18.7 Å². The summed E-state index contributed by atoms with van der Waals surface area (Å²) in [5.74, 6) is -1.23. The van der Waals surface area contributed by atoms with Crippen LogP contribution in [0.1, 0.15) is 30.9 Å². The van der Waals surface area contributed by atoms with Crippen molar-refractivity contribution in [1.82, 2.24) is 4.90 Å². The summed E-state index contributed by atoms with van der Waals surface area (Å²) in [6.07, 6.45) is 1.82. The maximum atomic E-state index is 13.4. The van der Waals surface area contributed by atoms with Gasteiger partial charge in [0.15, 0.2) is 0 Å². The van der Waals surface area contributed by atoms with Gasteiger partial charge < -0.3 is 5.11 Å². The van der Waals surface area contributed by atoms with E-state index in [1.165, 1.54) is 12.1 Å². The van der Waals surface area contributed by atoms with Crippen molar-refractivity contribution >= 4 is 5.97 Å². The Morgan fingerprint density at radius 3 is 2.95 bits per heavy atom. The number of carbonyl (C=O) groups is 1. The summed E-state index contributed by atoms with van der Waals surface area (Å²) in [5.41, 5.74) is 0.902. The summed E-state index contributed by atoms with van der Waals surface area (Å²) in [7, 11) is 0. The van der Waals surface area contributed by atoms with Crippen LogP contribution in [0.15, 0.2) is 18.2 Å². The number of aliphatic carboxylic acids is 1. The van der Waals surface area contributed by atoms with E-state index < -0.39 is 17.8 Å². The molecule has 0 saturated carbocycles. The second-order valence-electron chi connectivity index (χ2n) is 5.33. The summed E-state index contributed by atoms with van der Waals surface area (Å²) >= 11 is 0. The second-order valence-corrected chi connectivity index (χ2v) is 5.33. The van der Waals surface area contributed by atoms with Gasteiger partial charge in [0.05, 0.1) is 11.6 Å². The molecule has 0 spiro atoms. The molecule has 5 heteroatoms. The van der Waals surface area contributed by atoms with Gasteiger partial charge in [-0.25, -0.2) is 4.39 Å². The van der Waals surface area contributed by atoms with Gasteiger partial charge in [-0.2, -0.15) is 5.26 Å². The number of rotatable bonds is 3. The first-order valence-corrected chi connectivity index (χ1v) is 6.67. The number of halogens is 1. The van der Waals surface area contributed by atoms with Crippen LogP contribution in [0.2, 0.25) is 0 Å². The van der Waals surface area contributed by atoms with E-state index in [9.17, 15) is 14.3 Å². The number of carboxylic acid groups (broad SMARTS) is 1. The van der Waals surface area contributed by atoms with Gasteiger partial charge in [0, 0.05) is 6.54 Å². The van der Waals surface area contributed by atoms with Crippen molar-refractivity contribution < 1.29 is 14.3 Å². The molecule has 1 aliphatic rings. The normalized spacial score (nSPS) is 23.2. The van der Waals surface area contributed by atoms with Crippen LogP contribution in [0.3, 0.4) is 0 Å². The molecule has 1 aliphatic heterocycles. The van der Waals surface area contributed by atoms with Gasteiger partial charge in [0.1, 0.15) is 11.9 Å². The van der Waals surface area contributed by atoms with Crippen molar-refractivity contribution in [2.45, 2.75) is 32.4 Å². The molecule has 1 N–H and O–H groups in total. The van der Waals surface area contributed by atoms with Crippen LogP contribution in [-0.2, 0) is 11.3 Å². The van der Waals surface area contributed by atoms with E-state index in [1.807, 2.05) is 17.9 Å². The molecule has 1 saturated heterocycles. The van der Waals surface area contributed by atoms with E-state index in [1.54, 1.807) is 6.07 Å². The Bertz CT molecular complexity index is 553. The second kappa shape index (κ2) is 6.02. The number of likely N-dealkylation sites (tertiary alicyclic amines) is 1. The molecule has 2 unspecified atom stereocenters. The topological polar surface area (TPSA) is 64.3 Å². The first-order valence-electron chi connectivity index (χ1n) is 6.67. The van der Waals surface area contributed by atoms with Crippen molar-refractivity contribution in [1.29, 1.82) is 5.26 Å². The van der Waals surface area contributed by atoms with Crippen LogP contribution < -0.4 is 0 Å². The minimum Gasteiger partial charge on any atom is -0.480 e. The van der Waals surface area contributed by atoms with Crippen LogP contribution in [0.25, 0.3) is 0 Å². The third-order valence-electron chi connectivity index (χ3n) is 3.76. The minimum atomic E-state index is -0.839. The fraction of sp³-hybridized carbons (Fsp3) is 0.467. The lowest BCUT2D eigenvalue weighted by molar-refractivity contribution is -0.147. The van der Waals surface area contributed by atoms with Gasteiger partial charge in [-0.3, -0.25) is 9.69 Å². The average Bonchev–Trinajstić information content (AvgIpc) is 2.37. The first-order chi connectivity index (χ1) is 9.51. The molecule has 20 heavy (non-hydrogen) atoms. The molecule has 1 aromatic rings. The molecule has 0 radical (unpaired) electrons. The van der Waals surface area contributed by atoms with Gasteiger partial charge in [0.2, 0.25) is 0 Å². The maximum absolute atomic E-state index is 13.4. The molecule has 1 heterocycles. The van der Waals surface area contributed by atoms with Crippen molar-refractivity contribution in [3.8, 4) is 6.07 Å². The molecule has 1 fully saturated rings. The fourth-order valence-corrected chi connectivity index (χ4v) is 2.89. The van der Waals surface area contributed by atoms with Crippen molar-refractivity contribution in [2.24, 2.45) is 5.92 Å². The molecule has 0 aliphatic carbocycles. The van der Waals surface area contributed by atoms with Gasteiger partial charge in [-0.05, 0) is 49.1 Å². The van der Waals surface area contributed by atoms with Crippen LogP contribution >= 0.6 is 0 Å². The van der Waals surface area contributed by atoms with E-state index in [-0.39, 0.29) is 11.5 Å². The Kier molecular flexibility index (Phi) is 4.35. The Labute approximate surface area is 117 Å². The highest BCUT2D eigenvalue weighted by atomic mass is 19.1. The maximum Gasteiger partial charge on any atom is 0.321 e. The number of piperidine rings is 1. The number of carboxylic acids is 1. The highest BCUT2D eigenvalue weighted by molar-refractivity contribution is 5.74. The number of benzene rings is 1. The van der Waals surface area contributed by atoms with Gasteiger partial charge in [-0.15, -0.1) is 0 Å². The molecular weight excluding hydrogens is 259 g/mol. The smallest absolute Gasteiger partial charge is 0.321 e. The lowest BCUT2D eigenvalue weighted by Crippen LogP contribution is -2.48. The minimum absolute atomic E-state index is 0.0743. The predicted octanol–water partition coefficient (Wildman–Crippen LogP) is 2.38. The number of hydrogen-bond acceptors (Lipinski definition) is 3. The first kappa shape index (κ1) is 14.5. The molecule has 4 nitrogen and oxygen atoms in total. The number of hydrogen-bond donors (Lipinski definition) is 1. The Morgan fingerprint density at radius 2 is 2.30 bits per heavy atom. The Morgan fingerprint density at radius 1 is 1.55 bits per heavy atom. The third kappa shape index (κ3) is 3.14. The lowest BCUT2D eigenvalue weighted by atomic mass is 9.90. The molecule has 0 bridgehead atoms. The summed E-state index contributed by atoms with van der Waals surface area (Å²) < 4.78 is 13.4. The van der Waals surface area contributed by atoms with E-state index >= 15 is 0 Å². The zero-order chi connectivity index (χ0) is 14.7. The van der Waals surface area contributed by atoms with Crippen molar-refractivity contribution in [3.05, 3.63) is 35.1 Å². The van der Waals surface area contributed by atoms with Crippen molar-refractivity contribution in [3.63, 3.8) is 0 Å².